The summed E-state index contributed by atoms with van der Waals surface area (Å²) in [6.45, 7) is 2.16. The first kappa shape index (κ1) is 27.6. The van der Waals surface area contributed by atoms with Crippen LogP contribution in [-0.2, 0) is 32.7 Å². The molecule has 0 aliphatic heterocycles. The number of carbonyl (C=O) groups is 2. The summed E-state index contributed by atoms with van der Waals surface area (Å²) < 4.78 is 26.2. The van der Waals surface area contributed by atoms with Crippen LogP contribution < -0.4 is 5.32 Å². The number of rotatable bonds is 12. The fourth-order valence-electron chi connectivity index (χ4n) is 4.31. The van der Waals surface area contributed by atoms with Crippen molar-refractivity contribution in [1.82, 2.24) is 14.5 Å². The lowest BCUT2D eigenvalue weighted by Gasteiger charge is -2.31. The molecule has 36 heavy (non-hydrogen) atoms. The van der Waals surface area contributed by atoms with E-state index in [0.29, 0.717) is 6.54 Å². The molecule has 0 heterocycles. The summed E-state index contributed by atoms with van der Waals surface area (Å²) in [5.74, 6) is -0.664. The van der Waals surface area contributed by atoms with E-state index < -0.39 is 22.0 Å². The number of benzene rings is 2. The number of hydrogen-bond acceptors (Lipinski definition) is 4. The smallest absolute Gasteiger partial charge is 0.242 e. The van der Waals surface area contributed by atoms with Crippen LogP contribution in [-0.4, -0.2) is 54.8 Å². The first-order chi connectivity index (χ1) is 17.2. The van der Waals surface area contributed by atoms with Gasteiger partial charge in [-0.1, -0.05) is 72.3 Å². The van der Waals surface area contributed by atoms with E-state index in [1.807, 2.05) is 60.7 Å². The Bertz CT molecular complexity index is 1130. The Kier molecular flexibility index (Phi) is 10.3. The molecular formula is C28H37N3O4S. The van der Waals surface area contributed by atoms with Crippen molar-refractivity contribution < 1.29 is 18.0 Å². The second-order valence-corrected chi connectivity index (χ2v) is 11.3. The van der Waals surface area contributed by atoms with Crippen LogP contribution in [0.15, 0.2) is 72.3 Å². The van der Waals surface area contributed by atoms with Crippen molar-refractivity contribution in [2.24, 2.45) is 0 Å². The lowest BCUT2D eigenvalue weighted by atomic mass is 9.97. The number of sulfonamides is 1. The first-order valence-electron chi connectivity index (χ1n) is 12.5. The summed E-state index contributed by atoms with van der Waals surface area (Å²) in [6, 6.07) is 17.8. The molecule has 1 atom stereocenters. The molecule has 1 aliphatic rings. The van der Waals surface area contributed by atoms with Crippen molar-refractivity contribution in [2.45, 2.75) is 58.2 Å². The molecule has 3 rings (SSSR count). The normalized spacial score (nSPS) is 14.7. The van der Waals surface area contributed by atoms with Crippen LogP contribution in [0.5, 0.6) is 0 Å². The van der Waals surface area contributed by atoms with E-state index in [1.54, 1.807) is 6.92 Å². The highest BCUT2D eigenvalue weighted by molar-refractivity contribution is 7.88. The summed E-state index contributed by atoms with van der Waals surface area (Å²) in [4.78, 5) is 28.0. The van der Waals surface area contributed by atoms with Gasteiger partial charge in [0.05, 0.1) is 12.8 Å². The first-order valence-corrected chi connectivity index (χ1v) is 14.4. The standard InChI is InChI=1S/C28H37N3O4S/c1-23(28(33)29-19-18-24-12-6-3-7-13-24)31(21-26-16-10-5-11-17-26)27(32)22-30(36(2,34)35)20-25-14-8-4-9-15-25/h4-5,8-12,14-17,23H,3,6-7,13,18-22H2,1-2H3,(H,29,33). The van der Waals surface area contributed by atoms with Crippen molar-refractivity contribution in [3.05, 3.63) is 83.4 Å². The summed E-state index contributed by atoms with van der Waals surface area (Å²) in [5, 5.41) is 2.97. The average Bonchev–Trinajstić information content (AvgIpc) is 2.87. The van der Waals surface area contributed by atoms with Crippen LogP contribution in [0.25, 0.3) is 0 Å². The summed E-state index contributed by atoms with van der Waals surface area (Å²) in [6.07, 6.45) is 8.75. The number of amides is 2. The Morgan fingerprint density at radius 3 is 2.11 bits per heavy atom. The summed E-state index contributed by atoms with van der Waals surface area (Å²) in [5.41, 5.74) is 3.02. The third-order valence-corrected chi connectivity index (χ3v) is 7.67. The molecule has 2 aromatic rings. The van der Waals surface area contributed by atoms with Gasteiger partial charge in [-0.2, -0.15) is 4.31 Å². The topological polar surface area (TPSA) is 86.8 Å². The minimum atomic E-state index is -3.66. The number of allylic oxidation sites excluding steroid dienone is 1. The highest BCUT2D eigenvalue weighted by Gasteiger charge is 2.29. The SMILES string of the molecule is CC(C(=O)NCCC1=CCCCC1)N(Cc1ccccc1)C(=O)CN(Cc1ccccc1)S(C)(=O)=O. The zero-order valence-corrected chi connectivity index (χ0v) is 22.0. The van der Waals surface area contributed by atoms with Crippen LogP contribution in [0.3, 0.4) is 0 Å². The van der Waals surface area contributed by atoms with Gasteiger partial charge in [-0.05, 0) is 50.2 Å². The lowest BCUT2D eigenvalue weighted by Crippen LogP contribution is -2.51. The molecule has 2 aromatic carbocycles. The fourth-order valence-corrected chi connectivity index (χ4v) is 5.04. The minimum absolute atomic E-state index is 0.0836. The lowest BCUT2D eigenvalue weighted by molar-refractivity contribution is -0.140. The zero-order valence-electron chi connectivity index (χ0n) is 21.2. The second kappa shape index (κ2) is 13.4. The zero-order chi connectivity index (χ0) is 26.0. The molecule has 1 N–H and O–H groups in total. The van der Waals surface area contributed by atoms with E-state index in [4.69, 9.17) is 0 Å². The van der Waals surface area contributed by atoms with Crippen LogP contribution in [0, 0.1) is 0 Å². The van der Waals surface area contributed by atoms with E-state index in [-0.39, 0.29) is 25.5 Å². The number of carbonyl (C=O) groups excluding carboxylic acids is 2. The molecular weight excluding hydrogens is 474 g/mol. The second-order valence-electron chi connectivity index (χ2n) is 9.35. The Hall–Kier alpha value is -2.97. The largest absolute Gasteiger partial charge is 0.354 e. The van der Waals surface area contributed by atoms with Crippen LogP contribution >= 0.6 is 0 Å². The monoisotopic (exact) mass is 511 g/mol. The van der Waals surface area contributed by atoms with E-state index in [2.05, 4.69) is 11.4 Å². The van der Waals surface area contributed by atoms with Gasteiger partial charge in [-0.15, -0.1) is 0 Å². The molecule has 7 nitrogen and oxygen atoms in total. The number of hydrogen-bond donors (Lipinski definition) is 1. The molecule has 1 unspecified atom stereocenters. The maximum Gasteiger partial charge on any atom is 0.242 e. The third kappa shape index (κ3) is 8.60. The van der Waals surface area contributed by atoms with Crippen molar-refractivity contribution >= 4 is 21.8 Å². The van der Waals surface area contributed by atoms with E-state index >= 15 is 0 Å². The highest BCUT2D eigenvalue weighted by Crippen LogP contribution is 2.19. The maximum absolute atomic E-state index is 13.5. The Morgan fingerprint density at radius 2 is 1.56 bits per heavy atom. The molecule has 1 aliphatic carbocycles. The Balaban J connectivity index is 1.72. The predicted molar refractivity (Wildman–Crippen MR) is 142 cm³/mol. The quantitative estimate of drug-likeness (QED) is 0.438. The molecule has 0 fully saturated rings. The van der Waals surface area contributed by atoms with Gasteiger partial charge in [0.2, 0.25) is 21.8 Å². The van der Waals surface area contributed by atoms with E-state index in [9.17, 15) is 18.0 Å². The molecule has 8 heteroatoms. The van der Waals surface area contributed by atoms with Gasteiger partial charge in [-0.25, -0.2) is 8.42 Å². The predicted octanol–water partition coefficient (Wildman–Crippen LogP) is 3.87. The van der Waals surface area contributed by atoms with Crippen LogP contribution in [0.1, 0.15) is 50.2 Å². The van der Waals surface area contributed by atoms with Gasteiger partial charge < -0.3 is 10.2 Å². The number of nitrogens with one attached hydrogen (secondary N) is 1. The Morgan fingerprint density at radius 1 is 0.944 bits per heavy atom. The van der Waals surface area contributed by atoms with E-state index in [0.717, 1.165) is 41.0 Å². The van der Waals surface area contributed by atoms with Crippen molar-refractivity contribution in [1.29, 1.82) is 0 Å². The molecule has 0 saturated heterocycles. The molecule has 194 valence electrons. The van der Waals surface area contributed by atoms with Crippen molar-refractivity contribution in [2.75, 3.05) is 19.3 Å². The third-order valence-electron chi connectivity index (χ3n) is 6.48. The van der Waals surface area contributed by atoms with Gasteiger partial charge in [0.15, 0.2) is 0 Å². The van der Waals surface area contributed by atoms with Gasteiger partial charge in [0.1, 0.15) is 6.04 Å². The highest BCUT2D eigenvalue weighted by atomic mass is 32.2. The molecule has 0 bridgehead atoms. The van der Waals surface area contributed by atoms with E-state index in [1.165, 1.54) is 23.3 Å². The van der Waals surface area contributed by atoms with Crippen LogP contribution in [0.4, 0.5) is 0 Å². The van der Waals surface area contributed by atoms with Crippen LogP contribution in [0.2, 0.25) is 0 Å². The van der Waals surface area contributed by atoms with Gasteiger partial charge >= 0.3 is 0 Å². The van der Waals surface area contributed by atoms with Gasteiger partial charge in [-0.3, -0.25) is 9.59 Å². The van der Waals surface area contributed by atoms with Gasteiger partial charge in [0, 0.05) is 19.6 Å². The molecule has 0 saturated carbocycles. The maximum atomic E-state index is 13.5. The molecule has 0 spiro atoms. The summed E-state index contributed by atoms with van der Waals surface area (Å²) in [7, 11) is -3.66. The molecule has 2 amide bonds. The molecule has 0 radical (unpaired) electrons. The van der Waals surface area contributed by atoms with Gasteiger partial charge in [0.25, 0.3) is 0 Å². The van der Waals surface area contributed by atoms with Crippen molar-refractivity contribution in [3.63, 3.8) is 0 Å². The average molecular weight is 512 g/mol. The minimum Gasteiger partial charge on any atom is -0.354 e. The fraction of sp³-hybridized carbons (Fsp3) is 0.429. The summed E-state index contributed by atoms with van der Waals surface area (Å²) >= 11 is 0. The van der Waals surface area contributed by atoms with Crippen molar-refractivity contribution in [3.8, 4) is 0 Å². The number of nitrogens with zero attached hydrogens (tertiary/aromatic N) is 2. The Labute approximate surface area is 215 Å². The molecule has 0 aromatic heterocycles.